The summed E-state index contributed by atoms with van der Waals surface area (Å²) in [6.45, 7) is 2.21. The van der Waals surface area contributed by atoms with Crippen LogP contribution in [-0.2, 0) is 4.74 Å². The van der Waals surface area contributed by atoms with E-state index in [1.54, 1.807) is 0 Å². The van der Waals surface area contributed by atoms with Gasteiger partial charge in [-0.3, -0.25) is 0 Å². The zero-order valence-corrected chi connectivity index (χ0v) is 11.3. The molecular formula is C14H23ClO2. The molecule has 0 aromatic heterocycles. The minimum atomic E-state index is -0.783. The maximum Gasteiger partial charge on any atom is 0.168 e. The van der Waals surface area contributed by atoms with Gasteiger partial charge in [-0.1, -0.05) is 6.92 Å². The molecule has 4 aliphatic carbocycles. The molecule has 0 radical (unpaired) electrons. The molecule has 4 bridgehead atoms. The van der Waals surface area contributed by atoms with Gasteiger partial charge in [-0.25, -0.2) is 0 Å². The zero-order chi connectivity index (χ0) is 12.0. The summed E-state index contributed by atoms with van der Waals surface area (Å²) in [4.78, 5) is 0. The van der Waals surface area contributed by atoms with Crippen molar-refractivity contribution in [1.82, 2.24) is 0 Å². The van der Waals surface area contributed by atoms with Gasteiger partial charge >= 0.3 is 0 Å². The van der Waals surface area contributed by atoms with E-state index in [2.05, 4.69) is 6.92 Å². The zero-order valence-electron chi connectivity index (χ0n) is 10.6. The first kappa shape index (κ1) is 12.3. The SMILES string of the molecule is CCC1(OC(O)CCl)C2CC3CC(C2)CC1C3. The number of hydrogen-bond acceptors (Lipinski definition) is 2. The largest absolute Gasteiger partial charge is 0.367 e. The van der Waals surface area contributed by atoms with Gasteiger partial charge < -0.3 is 9.84 Å². The highest BCUT2D eigenvalue weighted by Crippen LogP contribution is 2.60. The second kappa shape index (κ2) is 4.40. The Morgan fingerprint density at radius 2 is 1.71 bits per heavy atom. The van der Waals surface area contributed by atoms with Crippen molar-refractivity contribution in [2.75, 3.05) is 5.88 Å². The normalized spacial score (nSPS) is 49.6. The third-order valence-electron chi connectivity index (χ3n) is 5.56. The fraction of sp³-hybridized carbons (Fsp3) is 1.00. The topological polar surface area (TPSA) is 29.5 Å². The summed E-state index contributed by atoms with van der Waals surface area (Å²) >= 11 is 5.71. The van der Waals surface area contributed by atoms with Crippen LogP contribution in [0.15, 0.2) is 0 Å². The van der Waals surface area contributed by atoms with E-state index in [-0.39, 0.29) is 11.5 Å². The Balaban J connectivity index is 1.84. The van der Waals surface area contributed by atoms with Crippen molar-refractivity contribution in [3.63, 3.8) is 0 Å². The number of aliphatic hydroxyl groups is 1. The molecule has 0 aromatic rings. The molecule has 4 fully saturated rings. The molecule has 1 atom stereocenters. The molecule has 1 unspecified atom stereocenters. The van der Waals surface area contributed by atoms with E-state index in [0.29, 0.717) is 11.8 Å². The van der Waals surface area contributed by atoms with E-state index < -0.39 is 6.29 Å². The van der Waals surface area contributed by atoms with Crippen LogP contribution in [0.25, 0.3) is 0 Å². The summed E-state index contributed by atoms with van der Waals surface area (Å²) in [7, 11) is 0. The van der Waals surface area contributed by atoms with Gasteiger partial charge in [0.2, 0.25) is 0 Å². The van der Waals surface area contributed by atoms with Gasteiger partial charge in [0.05, 0.1) is 11.5 Å². The number of alkyl halides is 1. The number of hydrogen-bond donors (Lipinski definition) is 1. The maximum absolute atomic E-state index is 9.78. The molecule has 4 saturated carbocycles. The van der Waals surface area contributed by atoms with E-state index >= 15 is 0 Å². The van der Waals surface area contributed by atoms with Gasteiger partial charge in [-0.15, -0.1) is 11.6 Å². The number of rotatable bonds is 4. The Bertz CT molecular complexity index is 264. The molecule has 98 valence electrons. The van der Waals surface area contributed by atoms with Crippen molar-refractivity contribution in [3.05, 3.63) is 0 Å². The lowest BCUT2D eigenvalue weighted by molar-refractivity contribution is -0.263. The highest BCUT2D eigenvalue weighted by Gasteiger charge is 2.57. The Hall–Kier alpha value is 0.210. The number of ether oxygens (including phenoxy) is 1. The summed E-state index contributed by atoms with van der Waals surface area (Å²) < 4.78 is 6.04. The third kappa shape index (κ3) is 1.84. The molecule has 4 rings (SSSR count). The average molecular weight is 259 g/mol. The molecule has 0 heterocycles. The molecule has 0 aliphatic heterocycles. The van der Waals surface area contributed by atoms with Crippen LogP contribution in [0, 0.1) is 23.7 Å². The van der Waals surface area contributed by atoms with Crippen LogP contribution < -0.4 is 0 Å². The van der Waals surface area contributed by atoms with Gasteiger partial charge in [-0.05, 0) is 62.2 Å². The second-order valence-corrected chi connectivity index (χ2v) is 6.65. The van der Waals surface area contributed by atoms with E-state index in [0.717, 1.165) is 18.3 Å². The summed E-state index contributed by atoms with van der Waals surface area (Å²) in [6.07, 6.45) is 6.95. The van der Waals surface area contributed by atoms with Crippen molar-refractivity contribution in [3.8, 4) is 0 Å². The van der Waals surface area contributed by atoms with E-state index in [1.807, 2.05) is 0 Å². The molecule has 17 heavy (non-hydrogen) atoms. The first-order valence-electron chi connectivity index (χ1n) is 7.09. The molecule has 3 heteroatoms. The van der Waals surface area contributed by atoms with Crippen molar-refractivity contribution in [1.29, 1.82) is 0 Å². The first-order chi connectivity index (χ1) is 8.18. The third-order valence-corrected chi connectivity index (χ3v) is 5.82. The van der Waals surface area contributed by atoms with Crippen molar-refractivity contribution in [2.45, 2.75) is 57.3 Å². The number of aliphatic hydroxyl groups excluding tert-OH is 1. The molecule has 4 aliphatic rings. The molecule has 0 aromatic carbocycles. The monoisotopic (exact) mass is 258 g/mol. The van der Waals surface area contributed by atoms with Crippen LogP contribution in [0.5, 0.6) is 0 Å². The lowest BCUT2D eigenvalue weighted by Crippen LogP contribution is -2.59. The standard InChI is InChI=1S/C14H23ClO2/c1-2-14(17-13(16)8-15)11-4-9-3-10(6-11)7-12(14)5-9/h9-13,16H,2-8H2,1H3. The fourth-order valence-corrected chi connectivity index (χ4v) is 5.18. The second-order valence-electron chi connectivity index (χ2n) is 6.34. The highest BCUT2D eigenvalue weighted by atomic mass is 35.5. The highest BCUT2D eigenvalue weighted by molar-refractivity contribution is 6.18. The smallest absolute Gasteiger partial charge is 0.168 e. The van der Waals surface area contributed by atoms with Gasteiger partial charge in [0, 0.05) is 0 Å². The Labute approximate surface area is 109 Å². The van der Waals surface area contributed by atoms with Crippen LogP contribution in [0.1, 0.15) is 45.4 Å². The van der Waals surface area contributed by atoms with Crippen molar-refractivity contribution < 1.29 is 9.84 Å². The van der Waals surface area contributed by atoms with E-state index in [9.17, 15) is 5.11 Å². The van der Waals surface area contributed by atoms with Crippen LogP contribution >= 0.6 is 11.6 Å². The van der Waals surface area contributed by atoms with Gasteiger partial charge in [0.1, 0.15) is 0 Å². The lowest BCUT2D eigenvalue weighted by atomic mass is 9.49. The predicted molar refractivity (Wildman–Crippen MR) is 67.9 cm³/mol. The lowest BCUT2D eigenvalue weighted by Gasteiger charge is -2.61. The van der Waals surface area contributed by atoms with E-state index in [4.69, 9.17) is 16.3 Å². The maximum atomic E-state index is 9.78. The van der Waals surface area contributed by atoms with Gasteiger partial charge in [0.15, 0.2) is 6.29 Å². The fourth-order valence-electron chi connectivity index (χ4n) is 5.12. The Kier molecular flexibility index (Phi) is 3.17. The molecule has 2 nitrogen and oxygen atoms in total. The average Bonchev–Trinajstić information content (AvgIpc) is 2.33. The summed E-state index contributed by atoms with van der Waals surface area (Å²) in [5, 5.41) is 9.78. The molecular weight excluding hydrogens is 236 g/mol. The quantitative estimate of drug-likeness (QED) is 0.620. The molecule has 0 amide bonds. The molecule has 0 spiro atoms. The van der Waals surface area contributed by atoms with Crippen LogP contribution in [0.4, 0.5) is 0 Å². The van der Waals surface area contributed by atoms with Gasteiger partial charge in [0.25, 0.3) is 0 Å². The molecule has 0 saturated heterocycles. The van der Waals surface area contributed by atoms with Crippen LogP contribution in [0.2, 0.25) is 0 Å². The summed E-state index contributed by atoms with van der Waals surface area (Å²) in [5.41, 5.74) is -0.0677. The Morgan fingerprint density at radius 1 is 1.18 bits per heavy atom. The van der Waals surface area contributed by atoms with Crippen LogP contribution in [0.3, 0.4) is 0 Å². The van der Waals surface area contributed by atoms with Gasteiger partial charge in [-0.2, -0.15) is 0 Å². The van der Waals surface area contributed by atoms with Crippen molar-refractivity contribution in [2.24, 2.45) is 23.7 Å². The number of halogens is 1. The predicted octanol–water partition coefficient (Wildman–Crippen LogP) is 3.17. The van der Waals surface area contributed by atoms with Crippen molar-refractivity contribution >= 4 is 11.6 Å². The minimum Gasteiger partial charge on any atom is -0.367 e. The first-order valence-corrected chi connectivity index (χ1v) is 7.63. The molecule has 1 N–H and O–H groups in total. The van der Waals surface area contributed by atoms with Crippen LogP contribution in [-0.4, -0.2) is 22.9 Å². The minimum absolute atomic E-state index is 0.0677. The summed E-state index contributed by atoms with van der Waals surface area (Å²) in [5.74, 6) is 3.40. The summed E-state index contributed by atoms with van der Waals surface area (Å²) in [6, 6.07) is 0. The Morgan fingerprint density at radius 3 is 2.12 bits per heavy atom. The van der Waals surface area contributed by atoms with E-state index in [1.165, 1.54) is 32.1 Å².